The molecule has 122 valence electrons. The predicted octanol–water partition coefficient (Wildman–Crippen LogP) is 3.74. The summed E-state index contributed by atoms with van der Waals surface area (Å²) in [4.78, 5) is 12.1. The van der Waals surface area contributed by atoms with Gasteiger partial charge in [-0.2, -0.15) is 0 Å². The van der Waals surface area contributed by atoms with Gasteiger partial charge in [0.25, 0.3) is 0 Å². The van der Waals surface area contributed by atoms with Gasteiger partial charge >= 0.3 is 0 Å². The molecule has 0 radical (unpaired) electrons. The minimum absolute atomic E-state index is 0.110. The van der Waals surface area contributed by atoms with Crippen LogP contribution in [0.2, 0.25) is 10.0 Å². The molecule has 0 aliphatic heterocycles. The highest BCUT2D eigenvalue weighted by Gasteiger charge is 2.14. The van der Waals surface area contributed by atoms with Crippen LogP contribution in [-0.2, 0) is 11.3 Å². The maximum atomic E-state index is 12.1. The van der Waals surface area contributed by atoms with Gasteiger partial charge in [-0.3, -0.25) is 4.79 Å². The van der Waals surface area contributed by atoms with E-state index in [1.807, 2.05) is 17.6 Å². The molecule has 5 nitrogen and oxygen atoms in total. The van der Waals surface area contributed by atoms with Crippen LogP contribution in [0.5, 0.6) is 0 Å². The lowest BCUT2D eigenvalue weighted by Crippen LogP contribution is -2.28. The molecule has 1 amide bonds. The lowest BCUT2D eigenvalue weighted by molar-refractivity contribution is -0.119. The van der Waals surface area contributed by atoms with Crippen LogP contribution in [0.1, 0.15) is 18.5 Å². The molecule has 0 aliphatic carbocycles. The first-order valence-corrected chi connectivity index (χ1v) is 8.61. The van der Waals surface area contributed by atoms with Gasteiger partial charge in [0.05, 0.1) is 11.8 Å². The number of amides is 1. The Labute approximate surface area is 149 Å². The van der Waals surface area contributed by atoms with E-state index in [0.717, 1.165) is 5.56 Å². The molecule has 0 fully saturated rings. The molecule has 1 heterocycles. The molecule has 2 rings (SSSR count). The van der Waals surface area contributed by atoms with Crippen LogP contribution in [0.15, 0.2) is 42.3 Å². The van der Waals surface area contributed by atoms with Crippen molar-refractivity contribution in [3.63, 3.8) is 0 Å². The number of rotatable bonds is 7. The maximum absolute atomic E-state index is 12.1. The third-order valence-corrected chi connectivity index (χ3v) is 4.59. The Morgan fingerprint density at radius 3 is 3.00 bits per heavy atom. The third-order valence-electron chi connectivity index (χ3n) is 3.04. The first-order valence-electron chi connectivity index (χ1n) is 6.87. The molecule has 2 aromatic rings. The predicted molar refractivity (Wildman–Crippen MR) is 94.0 cm³/mol. The number of halogens is 2. The topological polar surface area (TPSA) is 59.8 Å². The Morgan fingerprint density at radius 2 is 2.30 bits per heavy atom. The molecule has 0 unspecified atom stereocenters. The molecule has 0 saturated heterocycles. The molecule has 0 spiro atoms. The van der Waals surface area contributed by atoms with E-state index >= 15 is 0 Å². The standard InChI is InChI=1S/C15H16Cl2N4OS/c1-3-6-21-9-18-20-15(21)23-8-14(22)19-10(2)12-5-4-11(16)7-13(12)17/h3-5,7,9-10H,1,6,8H2,2H3,(H,19,22)/t10-/m1/s1. The van der Waals surface area contributed by atoms with E-state index in [0.29, 0.717) is 21.7 Å². The quantitative estimate of drug-likeness (QED) is 0.595. The number of nitrogens with zero attached hydrogens (tertiary/aromatic N) is 3. The first-order chi connectivity index (χ1) is 11.0. The number of thioether (sulfide) groups is 1. The fourth-order valence-corrected chi connectivity index (χ4v) is 3.27. The zero-order chi connectivity index (χ0) is 16.8. The van der Waals surface area contributed by atoms with E-state index in [1.165, 1.54) is 11.8 Å². The van der Waals surface area contributed by atoms with Gasteiger partial charge in [0.15, 0.2) is 5.16 Å². The molecule has 1 aromatic carbocycles. The summed E-state index contributed by atoms with van der Waals surface area (Å²) < 4.78 is 1.82. The van der Waals surface area contributed by atoms with Crippen LogP contribution in [0.25, 0.3) is 0 Å². The van der Waals surface area contributed by atoms with Crippen molar-refractivity contribution >= 4 is 40.9 Å². The van der Waals surface area contributed by atoms with Gasteiger partial charge in [0.2, 0.25) is 5.91 Å². The van der Waals surface area contributed by atoms with Gasteiger partial charge in [-0.05, 0) is 24.6 Å². The monoisotopic (exact) mass is 370 g/mol. The van der Waals surface area contributed by atoms with Crippen molar-refractivity contribution in [1.29, 1.82) is 0 Å². The van der Waals surface area contributed by atoms with Crippen LogP contribution < -0.4 is 5.32 Å². The fraction of sp³-hybridized carbons (Fsp3) is 0.267. The first kappa shape index (κ1) is 17.8. The molecule has 1 aromatic heterocycles. The molecule has 0 saturated carbocycles. The third kappa shape index (κ3) is 4.99. The summed E-state index contributed by atoms with van der Waals surface area (Å²) in [6.07, 6.45) is 3.36. The molecular formula is C15H16Cl2N4OS. The lowest BCUT2D eigenvalue weighted by Gasteiger charge is -2.15. The van der Waals surface area contributed by atoms with Crippen molar-refractivity contribution in [2.75, 3.05) is 5.75 Å². The summed E-state index contributed by atoms with van der Waals surface area (Å²) in [6, 6.07) is 5.01. The summed E-state index contributed by atoms with van der Waals surface area (Å²) in [6.45, 7) is 6.15. The van der Waals surface area contributed by atoms with Crippen LogP contribution >= 0.6 is 35.0 Å². The van der Waals surface area contributed by atoms with Gasteiger partial charge in [0, 0.05) is 16.6 Å². The zero-order valence-corrected chi connectivity index (χ0v) is 14.8. The molecule has 8 heteroatoms. The number of benzene rings is 1. The van der Waals surface area contributed by atoms with Gasteiger partial charge in [0.1, 0.15) is 6.33 Å². The van der Waals surface area contributed by atoms with Crippen molar-refractivity contribution in [2.24, 2.45) is 0 Å². The van der Waals surface area contributed by atoms with Crippen LogP contribution in [0.3, 0.4) is 0 Å². The SMILES string of the molecule is C=CCn1cnnc1SCC(=O)N[C@H](C)c1ccc(Cl)cc1Cl. The highest BCUT2D eigenvalue weighted by molar-refractivity contribution is 7.99. The summed E-state index contributed by atoms with van der Waals surface area (Å²) in [5.74, 6) is 0.132. The maximum Gasteiger partial charge on any atom is 0.230 e. The van der Waals surface area contributed by atoms with E-state index in [4.69, 9.17) is 23.2 Å². The van der Waals surface area contributed by atoms with Gasteiger partial charge in [-0.15, -0.1) is 16.8 Å². The molecule has 0 bridgehead atoms. The van der Waals surface area contributed by atoms with Gasteiger partial charge < -0.3 is 9.88 Å². The number of hydrogen-bond donors (Lipinski definition) is 1. The minimum Gasteiger partial charge on any atom is -0.349 e. The number of hydrogen-bond acceptors (Lipinski definition) is 4. The molecule has 23 heavy (non-hydrogen) atoms. The van der Waals surface area contributed by atoms with Crippen molar-refractivity contribution in [3.8, 4) is 0 Å². The average Bonchev–Trinajstić information content (AvgIpc) is 2.92. The smallest absolute Gasteiger partial charge is 0.230 e. The van der Waals surface area contributed by atoms with E-state index in [-0.39, 0.29) is 17.7 Å². The zero-order valence-electron chi connectivity index (χ0n) is 12.5. The van der Waals surface area contributed by atoms with Crippen molar-refractivity contribution in [2.45, 2.75) is 24.7 Å². The second kappa shape index (κ2) is 8.38. The van der Waals surface area contributed by atoms with E-state index in [1.54, 1.807) is 24.5 Å². The van der Waals surface area contributed by atoms with E-state index < -0.39 is 0 Å². The van der Waals surface area contributed by atoms with Gasteiger partial charge in [-0.25, -0.2) is 0 Å². The van der Waals surface area contributed by atoms with Crippen molar-refractivity contribution in [1.82, 2.24) is 20.1 Å². The molecule has 1 N–H and O–H groups in total. The number of carbonyl (C=O) groups is 1. The fourth-order valence-electron chi connectivity index (χ4n) is 1.96. The minimum atomic E-state index is -0.209. The Hall–Kier alpha value is -1.50. The summed E-state index contributed by atoms with van der Waals surface area (Å²) in [7, 11) is 0. The molecule has 0 aliphatic rings. The van der Waals surface area contributed by atoms with E-state index in [9.17, 15) is 4.79 Å². The second-order valence-corrected chi connectivity index (χ2v) is 6.58. The number of aromatic nitrogens is 3. The Balaban J connectivity index is 1.91. The number of allylic oxidation sites excluding steroid dienone is 1. The Kier molecular flexibility index (Phi) is 6.50. The lowest BCUT2D eigenvalue weighted by atomic mass is 10.1. The average molecular weight is 371 g/mol. The van der Waals surface area contributed by atoms with E-state index in [2.05, 4.69) is 22.1 Å². The normalized spacial score (nSPS) is 12.0. The second-order valence-electron chi connectivity index (χ2n) is 4.80. The molecular weight excluding hydrogens is 355 g/mol. The highest BCUT2D eigenvalue weighted by Crippen LogP contribution is 2.26. The van der Waals surface area contributed by atoms with Crippen LogP contribution in [0.4, 0.5) is 0 Å². The van der Waals surface area contributed by atoms with Crippen LogP contribution in [0, 0.1) is 0 Å². The number of nitrogens with one attached hydrogen (secondary N) is 1. The number of carbonyl (C=O) groups excluding carboxylic acids is 1. The molecule has 1 atom stereocenters. The summed E-state index contributed by atoms with van der Waals surface area (Å²) in [5.41, 5.74) is 0.823. The summed E-state index contributed by atoms with van der Waals surface area (Å²) in [5, 5.41) is 12.5. The van der Waals surface area contributed by atoms with Crippen molar-refractivity contribution < 1.29 is 4.79 Å². The van der Waals surface area contributed by atoms with Gasteiger partial charge in [-0.1, -0.05) is 47.1 Å². The Morgan fingerprint density at radius 1 is 1.52 bits per heavy atom. The van der Waals surface area contributed by atoms with Crippen LogP contribution in [-0.4, -0.2) is 26.4 Å². The highest BCUT2D eigenvalue weighted by atomic mass is 35.5. The Bertz CT molecular complexity index is 705. The summed E-state index contributed by atoms with van der Waals surface area (Å²) >= 11 is 13.3. The largest absolute Gasteiger partial charge is 0.349 e. The van der Waals surface area contributed by atoms with Crippen molar-refractivity contribution in [3.05, 3.63) is 52.8 Å².